The van der Waals surface area contributed by atoms with E-state index in [1.165, 1.54) is 4.90 Å². The highest BCUT2D eigenvalue weighted by Crippen LogP contribution is 2.26. The molecule has 1 saturated carbocycles. The Kier molecular flexibility index (Phi) is 3.83. The largest absolute Gasteiger partial charge is 0.352 e. The predicted octanol–water partition coefficient (Wildman–Crippen LogP) is -0.0633. The van der Waals surface area contributed by atoms with Crippen LogP contribution in [-0.2, 0) is 19.4 Å². The van der Waals surface area contributed by atoms with Gasteiger partial charge in [-0.3, -0.25) is 9.59 Å². The molecule has 1 N–H and O–H groups in total. The Bertz CT molecular complexity index is 522. The molecule has 0 bridgehead atoms. The molecular formula is C13H22N2O4S. The first kappa shape index (κ1) is 15.3. The van der Waals surface area contributed by atoms with Crippen LogP contribution in [0, 0.1) is 5.41 Å². The molecule has 1 aliphatic heterocycles. The van der Waals surface area contributed by atoms with Gasteiger partial charge in [-0.2, -0.15) is 0 Å². The average molecular weight is 302 g/mol. The molecule has 0 radical (unpaired) electrons. The molecule has 0 aromatic carbocycles. The molecule has 7 heteroatoms. The van der Waals surface area contributed by atoms with Gasteiger partial charge in [-0.15, -0.1) is 0 Å². The van der Waals surface area contributed by atoms with Crippen molar-refractivity contribution in [2.45, 2.75) is 45.2 Å². The number of sulfone groups is 1. The van der Waals surface area contributed by atoms with Gasteiger partial charge in [-0.25, -0.2) is 8.42 Å². The summed E-state index contributed by atoms with van der Waals surface area (Å²) < 4.78 is 23.0. The van der Waals surface area contributed by atoms with Crippen molar-refractivity contribution in [3.05, 3.63) is 0 Å². The first-order valence-electron chi connectivity index (χ1n) is 6.92. The number of hydrogen-bond donors (Lipinski definition) is 1. The van der Waals surface area contributed by atoms with E-state index in [9.17, 15) is 18.0 Å². The van der Waals surface area contributed by atoms with Gasteiger partial charge in [0.25, 0.3) is 0 Å². The minimum Gasteiger partial charge on any atom is -0.352 e. The summed E-state index contributed by atoms with van der Waals surface area (Å²) in [5.41, 5.74) is -1.16. The third-order valence-electron chi connectivity index (χ3n) is 4.09. The second-order valence-corrected chi connectivity index (χ2v) is 8.57. The van der Waals surface area contributed by atoms with Crippen LogP contribution in [0.1, 0.15) is 33.1 Å². The van der Waals surface area contributed by atoms with Crippen molar-refractivity contribution in [1.29, 1.82) is 0 Å². The van der Waals surface area contributed by atoms with Gasteiger partial charge < -0.3 is 10.2 Å². The number of carbonyl (C=O) groups is 2. The molecule has 1 atom stereocenters. The van der Waals surface area contributed by atoms with Crippen LogP contribution in [0.4, 0.5) is 0 Å². The minimum atomic E-state index is -3.04. The highest BCUT2D eigenvalue weighted by atomic mass is 32.2. The van der Waals surface area contributed by atoms with E-state index in [1.54, 1.807) is 20.9 Å². The third-order valence-corrected chi connectivity index (χ3v) is 5.84. The molecule has 1 heterocycles. The predicted molar refractivity (Wildman–Crippen MR) is 74.8 cm³/mol. The quantitative estimate of drug-likeness (QED) is 0.737. The summed E-state index contributed by atoms with van der Waals surface area (Å²) >= 11 is 0. The summed E-state index contributed by atoms with van der Waals surface area (Å²) in [6.07, 6.45) is 2.38. The van der Waals surface area contributed by atoms with Crippen LogP contribution in [0.3, 0.4) is 0 Å². The molecule has 114 valence electrons. The van der Waals surface area contributed by atoms with E-state index in [2.05, 4.69) is 5.32 Å². The lowest BCUT2D eigenvalue weighted by Crippen LogP contribution is -2.51. The SMILES string of the molecule is CN(C(=O)C(C)(C)C(=O)NC1CC1)C1CCS(=O)(=O)C1. The summed E-state index contributed by atoms with van der Waals surface area (Å²) in [6, 6.07) is -0.118. The molecule has 1 unspecified atom stereocenters. The number of rotatable bonds is 4. The standard InChI is InChI=1S/C13H22N2O4S/c1-13(2,11(16)14-9-4-5-9)12(17)15(3)10-6-7-20(18,19)8-10/h9-10H,4-8H2,1-3H3,(H,14,16). The molecule has 1 saturated heterocycles. The van der Waals surface area contributed by atoms with Gasteiger partial charge in [0.05, 0.1) is 11.5 Å². The number of hydrogen-bond acceptors (Lipinski definition) is 4. The lowest BCUT2D eigenvalue weighted by atomic mass is 9.89. The van der Waals surface area contributed by atoms with E-state index in [-0.39, 0.29) is 35.4 Å². The Hall–Kier alpha value is -1.11. The van der Waals surface area contributed by atoms with Crippen LogP contribution in [0.2, 0.25) is 0 Å². The molecule has 2 fully saturated rings. The van der Waals surface area contributed by atoms with Gasteiger partial charge >= 0.3 is 0 Å². The number of amides is 2. The summed E-state index contributed by atoms with van der Waals surface area (Å²) in [5, 5.41) is 2.83. The maximum Gasteiger partial charge on any atom is 0.237 e. The van der Waals surface area contributed by atoms with Crippen LogP contribution < -0.4 is 5.32 Å². The average Bonchev–Trinajstić information content (AvgIpc) is 3.09. The smallest absolute Gasteiger partial charge is 0.237 e. The Balaban J connectivity index is 2.03. The van der Waals surface area contributed by atoms with Gasteiger partial charge in [-0.1, -0.05) is 0 Å². The van der Waals surface area contributed by atoms with Crippen molar-refractivity contribution in [2.75, 3.05) is 18.6 Å². The summed E-state index contributed by atoms with van der Waals surface area (Å²) in [5.74, 6) is -0.491. The Morgan fingerprint density at radius 1 is 1.20 bits per heavy atom. The van der Waals surface area contributed by atoms with E-state index >= 15 is 0 Å². The molecule has 2 rings (SSSR count). The Morgan fingerprint density at radius 3 is 2.25 bits per heavy atom. The number of nitrogens with zero attached hydrogens (tertiary/aromatic N) is 1. The molecule has 0 aromatic heterocycles. The molecular weight excluding hydrogens is 280 g/mol. The highest BCUT2D eigenvalue weighted by Gasteiger charge is 2.43. The second-order valence-electron chi connectivity index (χ2n) is 6.35. The van der Waals surface area contributed by atoms with Crippen molar-refractivity contribution in [2.24, 2.45) is 5.41 Å². The van der Waals surface area contributed by atoms with Crippen LogP contribution in [-0.4, -0.2) is 55.8 Å². The molecule has 0 spiro atoms. The molecule has 6 nitrogen and oxygen atoms in total. The lowest BCUT2D eigenvalue weighted by molar-refractivity contribution is -0.148. The fourth-order valence-corrected chi connectivity index (χ4v) is 4.15. The topological polar surface area (TPSA) is 83.6 Å². The summed E-state index contributed by atoms with van der Waals surface area (Å²) in [7, 11) is -1.46. The van der Waals surface area contributed by atoms with Gasteiger partial charge in [0, 0.05) is 19.1 Å². The lowest BCUT2D eigenvalue weighted by Gasteiger charge is -2.31. The van der Waals surface area contributed by atoms with Crippen LogP contribution in [0.15, 0.2) is 0 Å². The van der Waals surface area contributed by atoms with Crippen molar-refractivity contribution in [3.8, 4) is 0 Å². The van der Waals surface area contributed by atoms with Crippen LogP contribution >= 0.6 is 0 Å². The van der Waals surface area contributed by atoms with Gasteiger partial charge in [0.1, 0.15) is 5.41 Å². The van der Waals surface area contributed by atoms with E-state index in [0.29, 0.717) is 6.42 Å². The third kappa shape index (κ3) is 3.13. The first-order chi connectivity index (χ1) is 9.13. The van der Waals surface area contributed by atoms with Crippen molar-refractivity contribution >= 4 is 21.7 Å². The van der Waals surface area contributed by atoms with Crippen molar-refractivity contribution in [1.82, 2.24) is 10.2 Å². The fraction of sp³-hybridized carbons (Fsp3) is 0.846. The second kappa shape index (κ2) is 5.02. The molecule has 2 amide bonds. The van der Waals surface area contributed by atoms with Crippen molar-refractivity contribution in [3.63, 3.8) is 0 Å². The molecule has 2 aliphatic rings. The maximum absolute atomic E-state index is 12.5. The van der Waals surface area contributed by atoms with Crippen molar-refractivity contribution < 1.29 is 18.0 Å². The Morgan fingerprint density at radius 2 is 1.80 bits per heavy atom. The number of nitrogens with one attached hydrogen (secondary N) is 1. The van der Waals surface area contributed by atoms with E-state index in [4.69, 9.17) is 0 Å². The van der Waals surface area contributed by atoms with Gasteiger partial charge in [0.2, 0.25) is 11.8 Å². The zero-order valence-electron chi connectivity index (χ0n) is 12.2. The molecule has 1 aliphatic carbocycles. The fourth-order valence-electron chi connectivity index (χ4n) is 2.38. The van der Waals surface area contributed by atoms with E-state index in [1.807, 2.05) is 0 Å². The highest BCUT2D eigenvalue weighted by molar-refractivity contribution is 7.91. The van der Waals surface area contributed by atoms with Crippen LogP contribution in [0.25, 0.3) is 0 Å². The van der Waals surface area contributed by atoms with E-state index < -0.39 is 15.3 Å². The minimum absolute atomic E-state index is 0.00440. The van der Waals surface area contributed by atoms with Gasteiger partial charge in [0.15, 0.2) is 9.84 Å². The summed E-state index contributed by atoms with van der Waals surface area (Å²) in [6.45, 7) is 3.18. The first-order valence-corrected chi connectivity index (χ1v) is 8.74. The Labute approximate surface area is 119 Å². The molecule has 20 heavy (non-hydrogen) atoms. The maximum atomic E-state index is 12.5. The van der Waals surface area contributed by atoms with Crippen LogP contribution in [0.5, 0.6) is 0 Å². The monoisotopic (exact) mass is 302 g/mol. The normalized spacial score (nSPS) is 25.2. The van der Waals surface area contributed by atoms with E-state index in [0.717, 1.165) is 12.8 Å². The van der Waals surface area contributed by atoms with Gasteiger partial charge in [-0.05, 0) is 33.1 Å². The number of carbonyl (C=O) groups excluding carboxylic acids is 2. The molecule has 0 aromatic rings. The zero-order chi connectivity index (χ0) is 15.1. The zero-order valence-corrected chi connectivity index (χ0v) is 13.0. The summed E-state index contributed by atoms with van der Waals surface area (Å²) in [4.78, 5) is 26.0.